The number of hydrogen-bond donors (Lipinski definition) is 1. The van der Waals surface area contributed by atoms with E-state index in [2.05, 4.69) is 5.10 Å². The van der Waals surface area contributed by atoms with E-state index in [0.29, 0.717) is 4.68 Å². The Labute approximate surface area is 184 Å². The molecule has 1 aromatic heterocycles. The lowest BCUT2D eigenvalue weighted by atomic mass is 9.97. The number of benzene rings is 2. The van der Waals surface area contributed by atoms with Crippen molar-refractivity contribution in [3.05, 3.63) is 58.4 Å². The molecule has 2 aromatic carbocycles. The van der Waals surface area contributed by atoms with Gasteiger partial charge in [0.25, 0.3) is 5.91 Å². The summed E-state index contributed by atoms with van der Waals surface area (Å²) in [5.41, 5.74) is -2.02. The molecule has 3 aromatic rings. The number of carbonyl (C=O) groups excluding carboxylic acids is 1. The second kappa shape index (κ2) is 8.09. The number of carboxylic acids is 1. The summed E-state index contributed by atoms with van der Waals surface area (Å²) in [6, 6.07) is 6.84. The SMILES string of the molecule is O=C(O)C1CCN(c2nn(C(=O)c3c(Cl)cccc3C(F)(F)F)c3cccc(F)c23)CC1. The first kappa shape index (κ1) is 22.1. The minimum atomic E-state index is -4.84. The Hall–Kier alpha value is -3.14. The van der Waals surface area contributed by atoms with E-state index in [1.54, 1.807) is 4.90 Å². The van der Waals surface area contributed by atoms with E-state index in [1.165, 1.54) is 12.1 Å². The third kappa shape index (κ3) is 3.79. The standard InChI is InChI=1S/C21H16ClF4N3O3/c22-13-4-1-3-12(21(24,25)26)16(13)19(30)29-15-6-2-5-14(23)17(15)18(27-29)28-9-7-11(8-10-28)20(31)32/h1-6,11H,7-10H2,(H,31,32). The molecule has 0 bridgehead atoms. The number of carbonyl (C=O) groups is 2. The molecule has 11 heteroatoms. The smallest absolute Gasteiger partial charge is 0.417 e. The molecule has 2 heterocycles. The van der Waals surface area contributed by atoms with Crippen molar-refractivity contribution < 1.29 is 32.3 Å². The second-order valence-electron chi connectivity index (χ2n) is 7.43. The lowest BCUT2D eigenvalue weighted by Gasteiger charge is -2.30. The van der Waals surface area contributed by atoms with Crippen LogP contribution in [-0.4, -0.2) is 39.9 Å². The van der Waals surface area contributed by atoms with E-state index in [9.17, 15) is 32.3 Å². The van der Waals surface area contributed by atoms with Crippen LogP contribution in [0, 0.1) is 11.7 Å². The molecule has 1 saturated heterocycles. The Balaban J connectivity index is 1.84. The van der Waals surface area contributed by atoms with Gasteiger partial charge in [0.05, 0.1) is 33.0 Å². The molecule has 0 saturated carbocycles. The van der Waals surface area contributed by atoms with E-state index < -0.39 is 45.9 Å². The van der Waals surface area contributed by atoms with Crippen molar-refractivity contribution in [2.45, 2.75) is 19.0 Å². The van der Waals surface area contributed by atoms with Crippen LogP contribution in [0.25, 0.3) is 10.9 Å². The second-order valence-corrected chi connectivity index (χ2v) is 7.84. The highest BCUT2D eigenvalue weighted by Gasteiger charge is 2.38. The number of alkyl halides is 3. The molecule has 0 unspecified atom stereocenters. The highest BCUT2D eigenvalue weighted by Crippen LogP contribution is 2.37. The Bertz CT molecular complexity index is 1220. The van der Waals surface area contributed by atoms with Gasteiger partial charge >= 0.3 is 12.1 Å². The third-order valence-corrected chi connectivity index (χ3v) is 5.82. The number of halogens is 5. The molecule has 4 rings (SSSR count). The molecule has 0 aliphatic carbocycles. The molecule has 168 valence electrons. The zero-order valence-electron chi connectivity index (χ0n) is 16.4. The van der Waals surface area contributed by atoms with Crippen LogP contribution in [0.4, 0.5) is 23.4 Å². The van der Waals surface area contributed by atoms with Crippen molar-refractivity contribution in [1.82, 2.24) is 9.78 Å². The third-order valence-electron chi connectivity index (χ3n) is 5.51. The maximum atomic E-state index is 14.7. The molecular weight excluding hydrogens is 454 g/mol. The van der Waals surface area contributed by atoms with Gasteiger partial charge in [-0.3, -0.25) is 9.59 Å². The van der Waals surface area contributed by atoms with E-state index in [0.717, 1.165) is 24.3 Å². The normalized spacial score (nSPS) is 15.3. The summed E-state index contributed by atoms with van der Waals surface area (Å²) in [6.45, 7) is 0.483. The summed E-state index contributed by atoms with van der Waals surface area (Å²) < 4.78 is 56.0. The number of carboxylic acid groups (broad SMARTS) is 1. The topological polar surface area (TPSA) is 75.4 Å². The molecule has 0 spiro atoms. The number of fused-ring (bicyclic) bond motifs is 1. The van der Waals surface area contributed by atoms with Gasteiger partial charge in [0.2, 0.25) is 0 Å². The predicted molar refractivity (Wildman–Crippen MR) is 108 cm³/mol. The molecule has 0 atom stereocenters. The van der Waals surface area contributed by atoms with E-state index in [-0.39, 0.29) is 42.7 Å². The average Bonchev–Trinajstić information content (AvgIpc) is 3.13. The van der Waals surface area contributed by atoms with Crippen molar-refractivity contribution in [3.63, 3.8) is 0 Å². The van der Waals surface area contributed by atoms with Crippen molar-refractivity contribution >= 4 is 40.2 Å². The van der Waals surface area contributed by atoms with E-state index in [1.807, 2.05) is 0 Å². The fraction of sp³-hybridized carbons (Fsp3) is 0.286. The lowest BCUT2D eigenvalue weighted by Crippen LogP contribution is -2.36. The molecule has 0 amide bonds. The minimum absolute atomic E-state index is 0.0154. The van der Waals surface area contributed by atoms with Crippen LogP contribution >= 0.6 is 11.6 Å². The monoisotopic (exact) mass is 469 g/mol. The van der Waals surface area contributed by atoms with Gasteiger partial charge in [-0.05, 0) is 37.1 Å². The summed E-state index contributed by atoms with van der Waals surface area (Å²) in [6.07, 6.45) is -4.27. The summed E-state index contributed by atoms with van der Waals surface area (Å²) in [7, 11) is 0. The highest BCUT2D eigenvalue weighted by molar-refractivity contribution is 6.34. The predicted octanol–water partition coefficient (Wildman–Crippen LogP) is 4.84. The Morgan fingerprint density at radius 1 is 1.09 bits per heavy atom. The van der Waals surface area contributed by atoms with Gasteiger partial charge in [0.1, 0.15) is 5.82 Å². The molecule has 0 radical (unpaired) electrons. The Kier molecular flexibility index (Phi) is 5.58. The molecular formula is C21H16ClF4N3O3. The first-order valence-corrected chi connectivity index (χ1v) is 10.0. The maximum absolute atomic E-state index is 14.7. The van der Waals surface area contributed by atoms with Gasteiger partial charge in [-0.1, -0.05) is 23.7 Å². The number of anilines is 1. The zero-order chi connectivity index (χ0) is 23.2. The number of aliphatic carboxylic acids is 1. The average molecular weight is 470 g/mol. The molecule has 1 aliphatic rings. The van der Waals surface area contributed by atoms with Gasteiger partial charge in [-0.2, -0.15) is 17.9 Å². The van der Waals surface area contributed by atoms with Crippen LogP contribution in [0.5, 0.6) is 0 Å². The number of aromatic nitrogens is 2. The first-order valence-electron chi connectivity index (χ1n) is 9.65. The summed E-state index contributed by atoms with van der Waals surface area (Å²) in [5.74, 6) is -3.27. The zero-order valence-corrected chi connectivity index (χ0v) is 17.1. The quantitative estimate of drug-likeness (QED) is 0.556. The van der Waals surface area contributed by atoms with E-state index >= 15 is 0 Å². The number of rotatable bonds is 3. The summed E-state index contributed by atoms with van der Waals surface area (Å²) in [4.78, 5) is 26.0. The first-order chi connectivity index (χ1) is 15.1. The van der Waals surface area contributed by atoms with Crippen molar-refractivity contribution in [1.29, 1.82) is 0 Å². The van der Waals surface area contributed by atoms with E-state index in [4.69, 9.17) is 11.6 Å². The molecule has 1 aliphatic heterocycles. The van der Waals surface area contributed by atoms with Crippen LogP contribution in [0.1, 0.15) is 28.8 Å². The van der Waals surface area contributed by atoms with Crippen molar-refractivity contribution in [2.24, 2.45) is 5.92 Å². The molecule has 32 heavy (non-hydrogen) atoms. The minimum Gasteiger partial charge on any atom is -0.481 e. The Morgan fingerprint density at radius 2 is 1.75 bits per heavy atom. The lowest BCUT2D eigenvalue weighted by molar-refractivity contribution is -0.142. The Morgan fingerprint density at radius 3 is 2.38 bits per heavy atom. The van der Waals surface area contributed by atoms with Crippen LogP contribution in [0.15, 0.2) is 36.4 Å². The van der Waals surface area contributed by atoms with Crippen molar-refractivity contribution in [3.8, 4) is 0 Å². The largest absolute Gasteiger partial charge is 0.481 e. The van der Waals surface area contributed by atoms with Gasteiger partial charge in [-0.25, -0.2) is 4.39 Å². The molecule has 1 N–H and O–H groups in total. The number of piperidine rings is 1. The van der Waals surface area contributed by atoms with Gasteiger partial charge < -0.3 is 10.0 Å². The van der Waals surface area contributed by atoms with Gasteiger partial charge in [-0.15, -0.1) is 5.10 Å². The molecule has 1 fully saturated rings. The fourth-order valence-corrected chi connectivity index (χ4v) is 4.16. The summed E-state index contributed by atoms with van der Waals surface area (Å²) in [5, 5.41) is 12.9. The van der Waals surface area contributed by atoms with Crippen LogP contribution in [0.3, 0.4) is 0 Å². The maximum Gasteiger partial charge on any atom is 0.417 e. The van der Waals surface area contributed by atoms with Crippen LogP contribution in [0.2, 0.25) is 5.02 Å². The van der Waals surface area contributed by atoms with Gasteiger partial charge in [0, 0.05) is 13.1 Å². The highest BCUT2D eigenvalue weighted by atomic mass is 35.5. The number of hydrogen-bond acceptors (Lipinski definition) is 4. The van der Waals surface area contributed by atoms with Crippen LogP contribution in [-0.2, 0) is 11.0 Å². The van der Waals surface area contributed by atoms with Gasteiger partial charge in [0.15, 0.2) is 5.82 Å². The fourth-order valence-electron chi connectivity index (χ4n) is 3.91. The number of nitrogens with zero attached hydrogens (tertiary/aromatic N) is 3. The summed E-state index contributed by atoms with van der Waals surface area (Å²) >= 11 is 5.96. The molecule has 6 nitrogen and oxygen atoms in total. The van der Waals surface area contributed by atoms with Crippen molar-refractivity contribution in [2.75, 3.05) is 18.0 Å². The van der Waals surface area contributed by atoms with Crippen LogP contribution < -0.4 is 4.90 Å².